The van der Waals surface area contributed by atoms with E-state index in [9.17, 15) is 0 Å². The Balaban J connectivity index is 2.34. The molecule has 1 heterocycles. The van der Waals surface area contributed by atoms with Gasteiger partial charge in [0.15, 0.2) is 0 Å². The van der Waals surface area contributed by atoms with E-state index in [1.54, 1.807) is 12.4 Å². The Hall–Kier alpha value is -1.13. The summed E-state index contributed by atoms with van der Waals surface area (Å²) in [7, 11) is 1.91. The third-order valence-electron chi connectivity index (χ3n) is 2.07. The molecule has 1 rings (SSSR count). The predicted octanol–water partition coefficient (Wildman–Crippen LogP) is 1.61. The van der Waals surface area contributed by atoms with E-state index in [0.29, 0.717) is 13.2 Å². The molecule has 0 aliphatic carbocycles. The van der Waals surface area contributed by atoms with Gasteiger partial charge in [-0.3, -0.25) is 4.98 Å². The van der Waals surface area contributed by atoms with E-state index < -0.39 is 0 Å². The average molecular weight is 224 g/mol. The van der Waals surface area contributed by atoms with Crippen molar-refractivity contribution < 1.29 is 9.47 Å². The molecule has 0 spiro atoms. The van der Waals surface area contributed by atoms with E-state index in [1.807, 2.05) is 13.1 Å². The Bertz CT molecular complexity index is 292. The van der Waals surface area contributed by atoms with Crippen LogP contribution in [-0.4, -0.2) is 31.9 Å². The van der Waals surface area contributed by atoms with Gasteiger partial charge in [-0.05, 0) is 19.5 Å². The highest BCUT2D eigenvalue weighted by Crippen LogP contribution is 2.15. The molecule has 90 valence electrons. The molecule has 0 radical (unpaired) electrons. The molecule has 0 saturated carbocycles. The highest BCUT2D eigenvalue weighted by molar-refractivity contribution is 5.29. The first-order valence-corrected chi connectivity index (χ1v) is 5.66. The quantitative estimate of drug-likeness (QED) is 0.681. The van der Waals surface area contributed by atoms with Crippen LogP contribution < -0.4 is 10.1 Å². The van der Waals surface area contributed by atoms with Gasteiger partial charge in [-0.15, -0.1) is 0 Å². The smallest absolute Gasteiger partial charge is 0.142 e. The Labute approximate surface area is 97.0 Å². The molecule has 16 heavy (non-hydrogen) atoms. The first-order valence-electron chi connectivity index (χ1n) is 5.66. The van der Waals surface area contributed by atoms with Crippen LogP contribution in [0.5, 0.6) is 5.75 Å². The van der Waals surface area contributed by atoms with Gasteiger partial charge in [-0.1, -0.05) is 6.92 Å². The van der Waals surface area contributed by atoms with Crippen molar-refractivity contribution in [2.24, 2.45) is 0 Å². The lowest BCUT2D eigenvalue weighted by Gasteiger charge is -2.10. The predicted molar refractivity (Wildman–Crippen MR) is 63.6 cm³/mol. The van der Waals surface area contributed by atoms with Crippen LogP contribution in [0.4, 0.5) is 0 Å². The number of aromatic nitrogens is 1. The Kier molecular flexibility index (Phi) is 6.53. The monoisotopic (exact) mass is 224 g/mol. The van der Waals surface area contributed by atoms with E-state index >= 15 is 0 Å². The minimum atomic E-state index is 0.572. The molecular weight excluding hydrogens is 204 g/mol. The van der Waals surface area contributed by atoms with Gasteiger partial charge in [0.05, 0.1) is 12.8 Å². The fourth-order valence-corrected chi connectivity index (χ4v) is 1.33. The Morgan fingerprint density at radius 2 is 2.19 bits per heavy atom. The molecule has 1 N–H and O–H groups in total. The third kappa shape index (κ3) is 4.59. The van der Waals surface area contributed by atoms with Gasteiger partial charge < -0.3 is 14.8 Å². The number of nitrogens with zero attached hydrogens (tertiary/aromatic N) is 1. The molecule has 0 atom stereocenters. The molecule has 0 bridgehead atoms. The van der Waals surface area contributed by atoms with E-state index in [4.69, 9.17) is 9.47 Å². The van der Waals surface area contributed by atoms with Crippen LogP contribution in [0.25, 0.3) is 0 Å². The summed E-state index contributed by atoms with van der Waals surface area (Å²) in [6.45, 7) is 4.87. The molecule has 0 aliphatic heterocycles. The van der Waals surface area contributed by atoms with Crippen molar-refractivity contribution in [3.63, 3.8) is 0 Å². The largest absolute Gasteiger partial charge is 0.489 e. The van der Waals surface area contributed by atoms with Crippen molar-refractivity contribution in [2.45, 2.75) is 19.9 Å². The number of pyridine rings is 1. The van der Waals surface area contributed by atoms with Crippen molar-refractivity contribution in [1.29, 1.82) is 0 Å². The normalized spacial score (nSPS) is 10.4. The van der Waals surface area contributed by atoms with Crippen LogP contribution in [0.1, 0.15) is 18.9 Å². The fraction of sp³-hybridized carbons (Fsp3) is 0.583. The summed E-state index contributed by atoms with van der Waals surface area (Å²) in [6.07, 6.45) is 4.55. The molecule has 4 nitrogen and oxygen atoms in total. The standard InChI is InChI=1S/C12H20N2O2/c1-3-6-15-7-8-16-12-10-14-5-4-11(12)9-13-2/h4-5,10,13H,3,6-9H2,1-2H3. The number of hydrogen-bond acceptors (Lipinski definition) is 4. The van der Waals surface area contributed by atoms with Crippen molar-refractivity contribution in [1.82, 2.24) is 10.3 Å². The highest BCUT2D eigenvalue weighted by atomic mass is 16.5. The summed E-state index contributed by atoms with van der Waals surface area (Å²) in [4.78, 5) is 4.05. The van der Waals surface area contributed by atoms with Crippen molar-refractivity contribution in [3.05, 3.63) is 24.0 Å². The van der Waals surface area contributed by atoms with Crippen LogP contribution in [0.3, 0.4) is 0 Å². The lowest BCUT2D eigenvalue weighted by molar-refractivity contribution is 0.100. The summed E-state index contributed by atoms with van der Waals surface area (Å²) in [5.41, 5.74) is 1.12. The molecule has 0 amide bonds. The zero-order valence-electron chi connectivity index (χ0n) is 10.0. The van der Waals surface area contributed by atoms with Crippen molar-refractivity contribution >= 4 is 0 Å². The van der Waals surface area contributed by atoms with Crippen LogP contribution in [0.15, 0.2) is 18.5 Å². The van der Waals surface area contributed by atoms with Gasteiger partial charge in [0.1, 0.15) is 12.4 Å². The third-order valence-corrected chi connectivity index (χ3v) is 2.07. The Morgan fingerprint density at radius 3 is 2.94 bits per heavy atom. The fourth-order valence-electron chi connectivity index (χ4n) is 1.33. The molecule has 1 aromatic heterocycles. The lowest BCUT2D eigenvalue weighted by atomic mass is 10.2. The van der Waals surface area contributed by atoms with E-state index in [-0.39, 0.29) is 0 Å². The second kappa shape index (κ2) is 8.07. The lowest BCUT2D eigenvalue weighted by Crippen LogP contribution is -2.11. The van der Waals surface area contributed by atoms with Crippen molar-refractivity contribution in [3.8, 4) is 5.75 Å². The van der Waals surface area contributed by atoms with Crippen LogP contribution in [0.2, 0.25) is 0 Å². The van der Waals surface area contributed by atoms with Crippen LogP contribution in [-0.2, 0) is 11.3 Å². The van der Waals surface area contributed by atoms with Crippen molar-refractivity contribution in [2.75, 3.05) is 26.9 Å². The van der Waals surface area contributed by atoms with E-state index in [1.165, 1.54) is 0 Å². The van der Waals surface area contributed by atoms with Gasteiger partial charge in [-0.25, -0.2) is 0 Å². The van der Waals surface area contributed by atoms with E-state index in [0.717, 1.165) is 30.9 Å². The van der Waals surface area contributed by atoms with Gasteiger partial charge in [0.2, 0.25) is 0 Å². The van der Waals surface area contributed by atoms with Gasteiger partial charge >= 0.3 is 0 Å². The zero-order valence-corrected chi connectivity index (χ0v) is 10.0. The first kappa shape index (κ1) is 12.9. The van der Waals surface area contributed by atoms with E-state index in [2.05, 4.69) is 17.2 Å². The number of nitrogens with one attached hydrogen (secondary N) is 1. The molecule has 1 aromatic rings. The summed E-state index contributed by atoms with van der Waals surface area (Å²) in [6, 6.07) is 1.96. The maximum Gasteiger partial charge on any atom is 0.142 e. The molecule has 0 aromatic carbocycles. The summed E-state index contributed by atoms with van der Waals surface area (Å²) in [5, 5.41) is 3.10. The molecule has 4 heteroatoms. The molecular formula is C12H20N2O2. The second-order valence-corrected chi connectivity index (χ2v) is 3.47. The Morgan fingerprint density at radius 1 is 1.31 bits per heavy atom. The number of rotatable bonds is 8. The molecule has 0 aliphatic rings. The summed E-state index contributed by atoms with van der Waals surface area (Å²) in [5.74, 6) is 0.831. The topological polar surface area (TPSA) is 43.4 Å². The van der Waals surface area contributed by atoms with Crippen LogP contribution in [0, 0.1) is 0 Å². The molecule has 0 fully saturated rings. The molecule has 0 unspecified atom stereocenters. The minimum Gasteiger partial charge on any atom is -0.489 e. The first-order chi connectivity index (χ1) is 7.88. The summed E-state index contributed by atoms with van der Waals surface area (Å²) >= 11 is 0. The van der Waals surface area contributed by atoms with Gasteiger partial charge in [-0.2, -0.15) is 0 Å². The van der Waals surface area contributed by atoms with Gasteiger partial charge in [0, 0.05) is 24.9 Å². The maximum atomic E-state index is 5.61. The minimum absolute atomic E-state index is 0.572. The number of ether oxygens (including phenoxy) is 2. The second-order valence-electron chi connectivity index (χ2n) is 3.47. The maximum absolute atomic E-state index is 5.61. The SMILES string of the molecule is CCCOCCOc1cnccc1CNC. The highest BCUT2D eigenvalue weighted by Gasteiger charge is 2.01. The molecule has 0 saturated heterocycles. The average Bonchev–Trinajstić information content (AvgIpc) is 2.31. The zero-order chi connectivity index (χ0) is 11.6. The summed E-state index contributed by atoms with van der Waals surface area (Å²) < 4.78 is 11.0. The van der Waals surface area contributed by atoms with Gasteiger partial charge in [0.25, 0.3) is 0 Å². The number of hydrogen-bond donors (Lipinski definition) is 1. The van der Waals surface area contributed by atoms with Crippen LogP contribution >= 0.6 is 0 Å².